The van der Waals surface area contributed by atoms with Gasteiger partial charge in [0.2, 0.25) is 0 Å². The van der Waals surface area contributed by atoms with E-state index in [0.29, 0.717) is 18.7 Å². The number of aliphatic carboxylic acids is 1. The summed E-state index contributed by atoms with van der Waals surface area (Å²) in [6, 6.07) is 8.25. The number of benzene rings is 1. The summed E-state index contributed by atoms with van der Waals surface area (Å²) in [7, 11) is 0. The average Bonchev–Trinajstić information content (AvgIpc) is 3.01. The molecule has 0 saturated heterocycles. The van der Waals surface area contributed by atoms with Crippen LogP contribution in [-0.2, 0) is 11.2 Å². The van der Waals surface area contributed by atoms with Crippen molar-refractivity contribution in [2.45, 2.75) is 33.6 Å². The minimum atomic E-state index is -0.903. The summed E-state index contributed by atoms with van der Waals surface area (Å²) < 4.78 is 0. The molecule has 1 amide bonds. The lowest BCUT2D eigenvalue weighted by molar-refractivity contribution is -0.137. The average molecular weight is 360 g/mol. The van der Waals surface area contributed by atoms with E-state index in [1.807, 2.05) is 20.8 Å². The van der Waals surface area contributed by atoms with Crippen molar-refractivity contribution in [1.29, 1.82) is 0 Å². The van der Waals surface area contributed by atoms with Crippen LogP contribution in [-0.4, -0.2) is 40.0 Å². The fraction of sp³-hybridized carbons (Fsp3) is 0.421. The van der Waals surface area contributed by atoms with Crippen LogP contribution in [0.15, 0.2) is 29.6 Å². The molecule has 0 aliphatic heterocycles. The predicted molar refractivity (Wildman–Crippen MR) is 99.1 cm³/mol. The summed E-state index contributed by atoms with van der Waals surface area (Å²) in [5.74, 6) is -0.829. The fourth-order valence-electron chi connectivity index (χ4n) is 2.48. The second-order valence-corrected chi connectivity index (χ2v) is 7.52. The van der Waals surface area contributed by atoms with E-state index in [2.05, 4.69) is 29.2 Å². The predicted octanol–water partition coefficient (Wildman–Crippen LogP) is 3.62. The van der Waals surface area contributed by atoms with Crippen LogP contribution in [0.3, 0.4) is 0 Å². The fourth-order valence-corrected chi connectivity index (χ4v) is 3.28. The SMILES string of the molecule is Cc1ccc(Cc2nc(C(=O)N(CCC(=O)O)CC(C)C)cs2)cc1. The lowest BCUT2D eigenvalue weighted by Gasteiger charge is -2.23. The standard InChI is InChI=1S/C19H24N2O3S/c1-13(2)11-21(9-8-18(22)23)19(24)16-12-25-17(20-16)10-15-6-4-14(3)5-7-15/h4-7,12-13H,8-11H2,1-3H3,(H,22,23). The Balaban J connectivity index is 2.07. The number of rotatable bonds is 8. The maximum absolute atomic E-state index is 12.7. The Morgan fingerprint density at radius 2 is 1.92 bits per heavy atom. The van der Waals surface area contributed by atoms with Crippen molar-refractivity contribution in [3.63, 3.8) is 0 Å². The number of carbonyl (C=O) groups is 2. The van der Waals surface area contributed by atoms with Gasteiger partial charge in [-0.15, -0.1) is 11.3 Å². The van der Waals surface area contributed by atoms with Crippen LogP contribution in [0.1, 0.15) is 46.9 Å². The first kappa shape index (κ1) is 19.1. The molecule has 1 heterocycles. The van der Waals surface area contributed by atoms with Crippen molar-refractivity contribution < 1.29 is 14.7 Å². The smallest absolute Gasteiger partial charge is 0.305 e. The molecule has 0 saturated carbocycles. The third kappa shape index (κ3) is 5.98. The Bertz CT molecular complexity index is 723. The summed E-state index contributed by atoms with van der Waals surface area (Å²) in [4.78, 5) is 29.6. The van der Waals surface area contributed by atoms with Crippen molar-refractivity contribution in [2.75, 3.05) is 13.1 Å². The monoisotopic (exact) mass is 360 g/mol. The molecule has 0 aliphatic carbocycles. The molecule has 6 heteroatoms. The number of nitrogens with zero attached hydrogens (tertiary/aromatic N) is 2. The quantitative estimate of drug-likeness (QED) is 0.780. The van der Waals surface area contributed by atoms with Crippen molar-refractivity contribution in [3.8, 4) is 0 Å². The highest BCUT2D eigenvalue weighted by molar-refractivity contribution is 7.09. The topological polar surface area (TPSA) is 70.5 Å². The van der Waals surface area contributed by atoms with E-state index in [4.69, 9.17) is 5.11 Å². The molecule has 5 nitrogen and oxygen atoms in total. The molecule has 0 fully saturated rings. The third-order valence-electron chi connectivity index (χ3n) is 3.72. The first-order valence-corrected chi connectivity index (χ1v) is 9.24. The molecule has 0 aliphatic rings. The van der Waals surface area contributed by atoms with Gasteiger partial charge in [0.25, 0.3) is 5.91 Å². The highest BCUT2D eigenvalue weighted by atomic mass is 32.1. The lowest BCUT2D eigenvalue weighted by atomic mass is 10.1. The minimum absolute atomic E-state index is 0.0567. The zero-order valence-corrected chi connectivity index (χ0v) is 15.7. The van der Waals surface area contributed by atoms with Crippen LogP contribution in [0.2, 0.25) is 0 Å². The van der Waals surface area contributed by atoms with Crippen molar-refractivity contribution in [1.82, 2.24) is 9.88 Å². The van der Waals surface area contributed by atoms with Crippen molar-refractivity contribution in [3.05, 3.63) is 51.5 Å². The van der Waals surface area contributed by atoms with Gasteiger partial charge in [0, 0.05) is 24.9 Å². The Labute approximate surface area is 152 Å². The van der Waals surface area contributed by atoms with E-state index in [-0.39, 0.29) is 24.8 Å². The van der Waals surface area contributed by atoms with Gasteiger partial charge < -0.3 is 10.0 Å². The maximum Gasteiger partial charge on any atom is 0.305 e. The van der Waals surface area contributed by atoms with E-state index >= 15 is 0 Å². The molecular weight excluding hydrogens is 336 g/mol. The Hall–Kier alpha value is -2.21. The van der Waals surface area contributed by atoms with Gasteiger partial charge >= 0.3 is 5.97 Å². The summed E-state index contributed by atoms with van der Waals surface area (Å²) in [5.41, 5.74) is 2.77. The summed E-state index contributed by atoms with van der Waals surface area (Å²) in [6.07, 6.45) is 0.635. The van der Waals surface area contributed by atoms with E-state index in [0.717, 1.165) is 10.6 Å². The van der Waals surface area contributed by atoms with Gasteiger partial charge in [-0.25, -0.2) is 4.98 Å². The van der Waals surface area contributed by atoms with E-state index < -0.39 is 5.97 Å². The zero-order chi connectivity index (χ0) is 18.4. The number of amides is 1. The number of hydrogen-bond acceptors (Lipinski definition) is 4. The molecule has 2 aromatic rings. The normalized spacial score (nSPS) is 10.9. The Morgan fingerprint density at radius 1 is 1.24 bits per heavy atom. The van der Waals surface area contributed by atoms with Gasteiger partial charge in [-0.1, -0.05) is 43.7 Å². The second-order valence-electron chi connectivity index (χ2n) is 6.58. The summed E-state index contributed by atoms with van der Waals surface area (Å²) >= 11 is 1.46. The number of carboxylic acid groups (broad SMARTS) is 1. The van der Waals surface area contributed by atoms with Gasteiger partial charge in [-0.3, -0.25) is 9.59 Å². The van der Waals surface area contributed by atoms with E-state index in [9.17, 15) is 9.59 Å². The first-order valence-electron chi connectivity index (χ1n) is 8.36. The maximum atomic E-state index is 12.7. The Kier molecular flexibility index (Phi) is 6.70. The molecule has 0 spiro atoms. The number of aromatic nitrogens is 1. The molecule has 2 rings (SSSR count). The summed E-state index contributed by atoms with van der Waals surface area (Å²) in [5, 5.41) is 11.5. The molecule has 0 radical (unpaired) electrons. The summed E-state index contributed by atoms with van der Waals surface area (Å²) in [6.45, 7) is 6.79. The van der Waals surface area contributed by atoms with Crippen LogP contribution in [0.25, 0.3) is 0 Å². The van der Waals surface area contributed by atoms with Crippen molar-refractivity contribution >= 4 is 23.2 Å². The second kappa shape index (κ2) is 8.76. The van der Waals surface area contributed by atoms with Crippen LogP contribution in [0.5, 0.6) is 0 Å². The minimum Gasteiger partial charge on any atom is -0.481 e. The molecule has 0 atom stereocenters. The van der Waals surface area contributed by atoms with Gasteiger partial charge in [0.1, 0.15) is 5.69 Å². The molecule has 1 N–H and O–H groups in total. The Morgan fingerprint density at radius 3 is 2.52 bits per heavy atom. The molecule has 1 aromatic carbocycles. The van der Waals surface area contributed by atoms with Crippen molar-refractivity contribution in [2.24, 2.45) is 5.92 Å². The molecule has 0 bridgehead atoms. The van der Waals surface area contributed by atoms with Gasteiger partial charge in [0.15, 0.2) is 0 Å². The van der Waals surface area contributed by atoms with Gasteiger partial charge in [-0.2, -0.15) is 0 Å². The number of hydrogen-bond donors (Lipinski definition) is 1. The molecule has 134 valence electrons. The molecule has 0 unspecified atom stereocenters. The zero-order valence-electron chi connectivity index (χ0n) is 14.9. The van der Waals surface area contributed by atoms with E-state index in [1.165, 1.54) is 16.9 Å². The van der Waals surface area contributed by atoms with Crippen LogP contribution < -0.4 is 0 Å². The van der Waals surface area contributed by atoms with Crippen LogP contribution in [0.4, 0.5) is 0 Å². The molecule has 25 heavy (non-hydrogen) atoms. The largest absolute Gasteiger partial charge is 0.481 e. The van der Waals surface area contributed by atoms with Crippen LogP contribution >= 0.6 is 11.3 Å². The van der Waals surface area contributed by atoms with Gasteiger partial charge in [-0.05, 0) is 18.4 Å². The highest BCUT2D eigenvalue weighted by Gasteiger charge is 2.20. The van der Waals surface area contributed by atoms with Crippen LogP contribution in [0, 0.1) is 12.8 Å². The third-order valence-corrected chi connectivity index (χ3v) is 4.56. The number of aryl methyl sites for hydroxylation is 1. The van der Waals surface area contributed by atoms with E-state index in [1.54, 1.807) is 10.3 Å². The molecule has 1 aromatic heterocycles. The van der Waals surface area contributed by atoms with Gasteiger partial charge in [0.05, 0.1) is 11.4 Å². The number of thiazole rings is 1. The molecular formula is C19H24N2O3S. The lowest BCUT2D eigenvalue weighted by Crippen LogP contribution is -2.36. The first-order chi connectivity index (χ1) is 11.8. The number of carboxylic acids is 1. The highest BCUT2D eigenvalue weighted by Crippen LogP contribution is 2.17. The number of carbonyl (C=O) groups excluding carboxylic acids is 1.